The van der Waals surface area contributed by atoms with Gasteiger partial charge in [0.2, 0.25) is 5.95 Å². The van der Waals surface area contributed by atoms with Gasteiger partial charge in [0.15, 0.2) is 5.69 Å². The Morgan fingerprint density at radius 3 is 2.69 bits per heavy atom. The molecule has 2 aromatic heterocycles. The van der Waals surface area contributed by atoms with Gasteiger partial charge in [0.25, 0.3) is 5.91 Å². The summed E-state index contributed by atoms with van der Waals surface area (Å²) in [5, 5.41) is 3.17. The predicted octanol–water partition coefficient (Wildman–Crippen LogP) is 5.48. The van der Waals surface area contributed by atoms with Gasteiger partial charge >= 0.3 is 6.18 Å². The van der Waals surface area contributed by atoms with Gasteiger partial charge in [-0.2, -0.15) is 13.2 Å². The first-order chi connectivity index (χ1) is 20.3. The molecule has 0 atom stereocenters. The number of aromatic nitrogens is 3. The zero-order chi connectivity index (χ0) is 29.0. The van der Waals surface area contributed by atoms with Crippen molar-refractivity contribution < 1.29 is 31.8 Å². The third-order valence-corrected chi connectivity index (χ3v) is 8.32. The van der Waals surface area contributed by atoms with Gasteiger partial charge in [0, 0.05) is 62.2 Å². The molecule has 8 nitrogen and oxygen atoms in total. The fraction of sp³-hybridized carbons (Fsp3) is 0.367. The zero-order valence-electron chi connectivity index (χ0n) is 22.5. The Morgan fingerprint density at radius 2 is 1.88 bits per heavy atom. The molecule has 3 aliphatic heterocycles. The fourth-order valence-electron chi connectivity index (χ4n) is 6.15. The number of amides is 1. The van der Waals surface area contributed by atoms with Crippen molar-refractivity contribution in [3.05, 3.63) is 76.6 Å². The highest BCUT2D eigenvalue weighted by Gasteiger charge is 2.34. The fourth-order valence-corrected chi connectivity index (χ4v) is 6.15. The van der Waals surface area contributed by atoms with Crippen LogP contribution >= 0.6 is 0 Å². The number of hydrogen-bond donors (Lipinski definition) is 1. The van der Waals surface area contributed by atoms with E-state index < -0.39 is 11.7 Å². The molecule has 1 saturated heterocycles. The van der Waals surface area contributed by atoms with Crippen molar-refractivity contribution in [1.82, 2.24) is 19.3 Å². The molecular formula is C30H27F4N5O3. The number of rotatable bonds is 5. The number of carbonyl (C=O) groups excluding carboxylic acids is 1. The molecule has 3 aliphatic rings. The Balaban J connectivity index is 1.32. The van der Waals surface area contributed by atoms with Crippen LogP contribution in [0.3, 0.4) is 0 Å². The summed E-state index contributed by atoms with van der Waals surface area (Å²) in [5.74, 6) is 0.401. The second-order valence-electron chi connectivity index (χ2n) is 10.9. The Labute approximate surface area is 238 Å². The smallest absolute Gasteiger partial charge is 0.416 e. The van der Waals surface area contributed by atoms with Gasteiger partial charge in [0.1, 0.15) is 17.9 Å². The number of carbonyl (C=O) groups is 1. The molecule has 0 aliphatic carbocycles. The maximum atomic E-state index is 14.8. The average molecular weight is 582 g/mol. The van der Waals surface area contributed by atoms with Crippen molar-refractivity contribution in [2.24, 2.45) is 5.92 Å². The van der Waals surface area contributed by atoms with Crippen LogP contribution in [0.4, 0.5) is 23.5 Å². The number of halogens is 4. The number of benzene rings is 2. The number of alkyl halides is 3. The summed E-state index contributed by atoms with van der Waals surface area (Å²) in [6.45, 7) is 2.14. The molecule has 42 heavy (non-hydrogen) atoms. The molecule has 1 amide bonds. The van der Waals surface area contributed by atoms with Gasteiger partial charge in [0.05, 0.1) is 17.7 Å². The summed E-state index contributed by atoms with van der Waals surface area (Å²) in [6.07, 6.45) is 0.584. The second-order valence-corrected chi connectivity index (χ2v) is 10.9. The van der Waals surface area contributed by atoms with E-state index >= 15 is 0 Å². The first-order valence-electron chi connectivity index (χ1n) is 13.9. The van der Waals surface area contributed by atoms with E-state index in [9.17, 15) is 22.4 Å². The third kappa shape index (κ3) is 4.63. The monoisotopic (exact) mass is 581 g/mol. The number of ether oxygens (including phenoxy) is 2. The number of anilines is 1. The van der Waals surface area contributed by atoms with E-state index in [2.05, 4.69) is 15.3 Å². The van der Waals surface area contributed by atoms with Crippen LogP contribution in [0.15, 0.2) is 42.9 Å². The van der Waals surface area contributed by atoms with Gasteiger partial charge < -0.3 is 19.7 Å². The number of nitrogens with one attached hydrogen (secondary N) is 1. The number of imidazole rings is 1. The van der Waals surface area contributed by atoms with Gasteiger partial charge in [-0.25, -0.2) is 14.4 Å². The predicted molar refractivity (Wildman–Crippen MR) is 145 cm³/mol. The normalized spacial score (nSPS) is 17.0. The van der Waals surface area contributed by atoms with Gasteiger partial charge in [-0.15, -0.1) is 0 Å². The van der Waals surface area contributed by atoms with Gasteiger partial charge in [-0.1, -0.05) is 6.07 Å². The molecule has 4 aromatic rings. The van der Waals surface area contributed by atoms with Crippen LogP contribution in [-0.2, 0) is 30.4 Å². The average Bonchev–Trinajstić information content (AvgIpc) is 3.64. The van der Waals surface area contributed by atoms with E-state index in [1.807, 2.05) is 0 Å². The van der Waals surface area contributed by atoms with Crippen LogP contribution in [-0.4, -0.2) is 51.5 Å². The first kappa shape index (κ1) is 26.7. The van der Waals surface area contributed by atoms with E-state index in [1.54, 1.807) is 15.4 Å². The van der Waals surface area contributed by atoms with Gasteiger partial charge in [-0.05, 0) is 54.2 Å². The first-order valence-corrected chi connectivity index (χ1v) is 13.9. The molecule has 5 heterocycles. The third-order valence-electron chi connectivity index (χ3n) is 8.32. The van der Waals surface area contributed by atoms with Crippen LogP contribution in [0.2, 0.25) is 0 Å². The molecule has 1 N–H and O–H groups in total. The molecule has 0 bridgehead atoms. The van der Waals surface area contributed by atoms with Crippen molar-refractivity contribution in [2.75, 3.05) is 31.7 Å². The highest BCUT2D eigenvalue weighted by molar-refractivity contribution is 6.04. The Hall–Kier alpha value is -4.19. The molecule has 0 spiro atoms. The van der Waals surface area contributed by atoms with E-state index in [0.29, 0.717) is 72.3 Å². The Morgan fingerprint density at radius 1 is 1.05 bits per heavy atom. The van der Waals surface area contributed by atoms with Crippen molar-refractivity contribution in [2.45, 2.75) is 38.5 Å². The molecule has 7 rings (SSSR count). The van der Waals surface area contributed by atoms with E-state index in [1.165, 1.54) is 24.7 Å². The quantitative estimate of drug-likeness (QED) is 0.315. The minimum Gasteiger partial charge on any atom is -0.493 e. The van der Waals surface area contributed by atoms with Crippen molar-refractivity contribution >= 4 is 17.4 Å². The summed E-state index contributed by atoms with van der Waals surface area (Å²) in [4.78, 5) is 24.6. The van der Waals surface area contributed by atoms with Crippen molar-refractivity contribution in [3.63, 3.8) is 0 Å². The molecule has 1 fully saturated rings. The molecule has 0 unspecified atom stereocenters. The van der Waals surface area contributed by atoms with Crippen LogP contribution in [0.5, 0.6) is 5.75 Å². The number of fused-ring (bicyclic) bond motifs is 3. The SMILES string of the molecule is O=C1c2ncn3c(NCc4c(F)ccc5c4CCO5)ncc(c23)-c2ccc(C(F)(F)F)cc2CN1CC1CCOCC1. The van der Waals surface area contributed by atoms with Crippen LogP contribution in [0.25, 0.3) is 16.6 Å². The number of nitrogens with zero attached hydrogens (tertiary/aromatic N) is 4. The molecule has 0 radical (unpaired) electrons. The zero-order valence-corrected chi connectivity index (χ0v) is 22.5. The van der Waals surface area contributed by atoms with Crippen LogP contribution in [0.1, 0.15) is 45.6 Å². The van der Waals surface area contributed by atoms with E-state index in [-0.39, 0.29) is 36.4 Å². The van der Waals surface area contributed by atoms with E-state index in [4.69, 9.17) is 9.47 Å². The van der Waals surface area contributed by atoms with E-state index in [0.717, 1.165) is 30.5 Å². The van der Waals surface area contributed by atoms with Crippen LogP contribution in [0, 0.1) is 11.7 Å². The molecular weight excluding hydrogens is 554 g/mol. The summed E-state index contributed by atoms with van der Waals surface area (Å²) < 4.78 is 68.6. The minimum absolute atomic E-state index is 0.00830. The Kier molecular flexibility index (Phi) is 6.52. The molecule has 0 saturated carbocycles. The summed E-state index contributed by atoms with van der Waals surface area (Å²) in [5.41, 5.74) is 2.52. The second kappa shape index (κ2) is 10.3. The Bertz CT molecular complexity index is 1700. The minimum atomic E-state index is -4.53. The van der Waals surface area contributed by atoms with Crippen LogP contribution < -0.4 is 10.1 Å². The lowest BCUT2D eigenvalue weighted by atomic mass is 9.94. The highest BCUT2D eigenvalue weighted by atomic mass is 19.4. The highest BCUT2D eigenvalue weighted by Crippen LogP contribution is 2.39. The molecule has 218 valence electrons. The lowest BCUT2D eigenvalue weighted by Crippen LogP contribution is -2.37. The molecule has 2 aromatic carbocycles. The lowest BCUT2D eigenvalue weighted by Gasteiger charge is -2.31. The van der Waals surface area contributed by atoms with Gasteiger partial charge in [-0.3, -0.25) is 9.20 Å². The summed E-state index contributed by atoms with van der Waals surface area (Å²) in [7, 11) is 0. The summed E-state index contributed by atoms with van der Waals surface area (Å²) >= 11 is 0. The van der Waals surface area contributed by atoms with Crippen molar-refractivity contribution in [3.8, 4) is 16.9 Å². The largest absolute Gasteiger partial charge is 0.493 e. The summed E-state index contributed by atoms with van der Waals surface area (Å²) in [6, 6.07) is 6.58. The maximum Gasteiger partial charge on any atom is 0.416 e. The van der Waals surface area contributed by atoms with Crippen molar-refractivity contribution in [1.29, 1.82) is 0 Å². The number of hydrogen-bond acceptors (Lipinski definition) is 6. The topological polar surface area (TPSA) is 81.0 Å². The molecule has 12 heteroatoms. The lowest BCUT2D eigenvalue weighted by molar-refractivity contribution is -0.137. The standard InChI is InChI=1S/C30H27F4N5O3/c31-24-3-4-25-21(7-10-42-25)22(24)12-35-29-36-13-23-20-2-1-19(30(32,33)34)11-18(20)15-38(14-17-5-8-41-9-6-17)28(40)26-27(23)39(29)16-37-26/h1-4,11,13,16-17H,5-10,12,14-15H2,(H,35,36). The maximum absolute atomic E-state index is 14.8.